The third-order valence-corrected chi connectivity index (χ3v) is 5.10. The van der Waals surface area contributed by atoms with Crippen molar-refractivity contribution in [2.45, 2.75) is 32.7 Å². The molecule has 2 fully saturated rings. The molecule has 0 spiro atoms. The first-order valence-electron chi connectivity index (χ1n) is 9.05. The fraction of sp³-hybridized carbons (Fsp3) is 0.706. The molecule has 2 aliphatic rings. The summed E-state index contributed by atoms with van der Waals surface area (Å²) in [5, 5.41) is 6.79. The van der Waals surface area contributed by atoms with Gasteiger partial charge in [-0.2, -0.15) is 5.10 Å². The van der Waals surface area contributed by atoms with Crippen LogP contribution in [-0.2, 0) is 4.74 Å². The molecule has 2 amide bonds. The van der Waals surface area contributed by atoms with Crippen molar-refractivity contribution >= 4 is 12.0 Å². The predicted molar refractivity (Wildman–Crippen MR) is 92.4 cm³/mol. The van der Waals surface area contributed by atoms with E-state index in [1.54, 1.807) is 11.1 Å². The Balaban J connectivity index is 1.55. The van der Waals surface area contributed by atoms with Crippen LogP contribution in [0.1, 0.15) is 35.8 Å². The standard InChI is InChI=1S/C17H27N5O3/c1-3-25-17(24)21-9-7-20(8-10-21)14-5-4-6-22(12-14)16(23)15-11-18-19-13(15)2/h11,14H,3-10,12H2,1-2H3,(H,18,19). The van der Waals surface area contributed by atoms with Gasteiger partial charge in [0.25, 0.3) is 5.91 Å². The molecule has 138 valence electrons. The normalized spacial score (nSPS) is 22.1. The van der Waals surface area contributed by atoms with Gasteiger partial charge in [-0.15, -0.1) is 0 Å². The van der Waals surface area contributed by atoms with Crippen molar-refractivity contribution in [1.82, 2.24) is 24.9 Å². The molecule has 8 heteroatoms. The number of rotatable bonds is 3. The second-order valence-electron chi connectivity index (χ2n) is 6.68. The Labute approximate surface area is 148 Å². The minimum atomic E-state index is -0.224. The van der Waals surface area contributed by atoms with Crippen LogP contribution in [0, 0.1) is 6.92 Å². The summed E-state index contributed by atoms with van der Waals surface area (Å²) in [7, 11) is 0. The van der Waals surface area contributed by atoms with E-state index in [9.17, 15) is 9.59 Å². The lowest BCUT2D eigenvalue weighted by Crippen LogP contribution is -2.56. The lowest BCUT2D eigenvalue weighted by Gasteiger charge is -2.43. The fourth-order valence-corrected chi connectivity index (χ4v) is 3.66. The van der Waals surface area contributed by atoms with Gasteiger partial charge in [0.05, 0.1) is 18.4 Å². The largest absolute Gasteiger partial charge is 0.450 e. The minimum Gasteiger partial charge on any atom is -0.450 e. The molecular formula is C17H27N5O3. The van der Waals surface area contributed by atoms with Gasteiger partial charge in [0, 0.05) is 51.0 Å². The number of carbonyl (C=O) groups excluding carboxylic acids is 2. The van der Waals surface area contributed by atoms with E-state index in [2.05, 4.69) is 15.1 Å². The molecular weight excluding hydrogens is 322 g/mol. The van der Waals surface area contributed by atoms with Crippen LogP contribution in [-0.4, -0.2) is 88.8 Å². The highest BCUT2D eigenvalue weighted by molar-refractivity contribution is 5.95. The van der Waals surface area contributed by atoms with E-state index in [1.165, 1.54) is 0 Å². The third kappa shape index (κ3) is 3.95. The number of likely N-dealkylation sites (tertiary alicyclic amines) is 1. The Morgan fingerprint density at radius 3 is 2.64 bits per heavy atom. The Morgan fingerprint density at radius 1 is 1.24 bits per heavy atom. The molecule has 3 rings (SSSR count). The molecule has 1 unspecified atom stereocenters. The maximum atomic E-state index is 12.7. The van der Waals surface area contributed by atoms with Crippen LogP contribution < -0.4 is 0 Å². The van der Waals surface area contributed by atoms with E-state index in [0.29, 0.717) is 31.3 Å². The fourth-order valence-electron chi connectivity index (χ4n) is 3.66. The molecule has 2 saturated heterocycles. The molecule has 8 nitrogen and oxygen atoms in total. The maximum Gasteiger partial charge on any atom is 0.409 e. The molecule has 0 radical (unpaired) electrons. The lowest BCUT2D eigenvalue weighted by molar-refractivity contribution is 0.0378. The van der Waals surface area contributed by atoms with Gasteiger partial charge < -0.3 is 14.5 Å². The first-order chi connectivity index (χ1) is 12.1. The Hall–Kier alpha value is -2.09. The van der Waals surface area contributed by atoms with Crippen molar-refractivity contribution in [3.63, 3.8) is 0 Å². The molecule has 2 aliphatic heterocycles. The Kier molecular flexibility index (Phi) is 5.57. The van der Waals surface area contributed by atoms with E-state index in [4.69, 9.17) is 4.74 Å². The van der Waals surface area contributed by atoms with Crippen LogP contribution >= 0.6 is 0 Å². The number of aryl methyl sites for hydroxylation is 1. The quantitative estimate of drug-likeness (QED) is 0.884. The van der Waals surface area contributed by atoms with Gasteiger partial charge in [-0.05, 0) is 26.7 Å². The summed E-state index contributed by atoms with van der Waals surface area (Å²) in [4.78, 5) is 30.6. The maximum absolute atomic E-state index is 12.7. The molecule has 0 aromatic carbocycles. The topological polar surface area (TPSA) is 81.8 Å². The van der Waals surface area contributed by atoms with E-state index >= 15 is 0 Å². The van der Waals surface area contributed by atoms with Crippen molar-refractivity contribution in [3.05, 3.63) is 17.5 Å². The second kappa shape index (κ2) is 7.86. The summed E-state index contributed by atoms with van der Waals surface area (Å²) in [6, 6.07) is 0.356. The van der Waals surface area contributed by atoms with Gasteiger partial charge in [-0.3, -0.25) is 14.8 Å². The number of ether oxygens (including phenoxy) is 1. The summed E-state index contributed by atoms with van der Waals surface area (Å²) in [5.74, 6) is 0.0566. The van der Waals surface area contributed by atoms with E-state index in [0.717, 1.165) is 44.7 Å². The summed E-state index contributed by atoms with van der Waals surface area (Å²) in [6.07, 6.45) is 3.48. The zero-order valence-electron chi connectivity index (χ0n) is 15.0. The number of nitrogens with one attached hydrogen (secondary N) is 1. The highest BCUT2D eigenvalue weighted by Crippen LogP contribution is 2.20. The van der Waals surface area contributed by atoms with Crippen molar-refractivity contribution in [2.75, 3.05) is 45.9 Å². The number of H-pyrrole nitrogens is 1. The molecule has 0 aliphatic carbocycles. The number of aromatic nitrogens is 2. The summed E-state index contributed by atoms with van der Waals surface area (Å²) < 4.78 is 5.07. The number of piperidine rings is 1. The van der Waals surface area contributed by atoms with Crippen molar-refractivity contribution in [2.24, 2.45) is 0 Å². The van der Waals surface area contributed by atoms with Gasteiger partial charge in [0.1, 0.15) is 0 Å². The number of hydrogen-bond donors (Lipinski definition) is 1. The van der Waals surface area contributed by atoms with Gasteiger partial charge in [0.2, 0.25) is 0 Å². The minimum absolute atomic E-state index is 0.0566. The van der Waals surface area contributed by atoms with E-state index in [-0.39, 0.29) is 12.0 Å². The highest BCUT2D eigenvalue weighted by atomic mass is 16.6. The second-order valence-corrected chi connectivity index (χ2v) is 6.68. The molecule has 25 heavy (non-hydrogen) atoms. The molecule has 0 bridgehead atoms. The zero-order chi connectivity index (χ0) is 17.8. The van der Waals surface area contributed by atoms with Crippen LogP contribution in [0.15, 0.2) is 6.20 Å². The highest BCUT2D eigenvalue weighted by Gasteiger charge is 2.32. The average Bonchev–Trinajstić information content (AvgIpc) is 3.07. The van der Waals surface area contributed by atoms with Gasteiger partial charge in [-0.25, -0.2) is 4.79 Å². The number of carbonyl (C=O) groups is 2. The molecule has 1 N–H and O–H groups in total. The smallest absolute Gasteiger partial charge is 0.409 e. The van der Waals surface area contributed by atoms with Crippen molar-refractivity contribution < 1.29 is 14.3 Å². The lowest BCUT2D eigenvalue weighted by atomic mass is 10.0. The molecule has 1 aromatic heterocycles. The first-order valence-corrected chi connectivity index (χ1v) is 9.05. The number of aromatic amines is 1. The van der Waals surface area contributed by atoms with E-state index < -0.39 is 0 Å². The molecule has 0 saturated carbocycles. The number of amides is 2. The van der Waals surface area contributed by atoms with Crippen LogP contribution in [0.25, 0.3) is 0 Å². The Morgan fingerprint density at radius 2 is 2.00 bits per heavy atom. The monoisotopic (exact) mass is 349 g/mol. The summed E-state index contributed by atoms with van der Waals surface area (Å²) in [5.41, 5.74) is 1.47. The van der Waals surface area contributed by atoms with Crippen LogP contribution in [0.3, 0.4) is 0 Å². The number of hydrogen-bond acceptors (Lipinski definition) is 5. The first kappa shape index (κ1) is 17.7. The Bertz CT molecular complexity index is 609. The summed E-state index contributed by atoms with van der Waals surface area (Å²) >= 11 is 0. The van der Waals surface area contributed by atoms with Crippen LogP contribution in [0.4, 0.5) is 4.79 Å². The van der Waals surface area contributed by atoms with Gasteiger partial charge in [-0.1, -0.05) is 0 Å². The SMILES string of the molecule is CCOC(=O)N1CCN(C2CCCN(C(=O)c3cn[nH]c3C)C2)CC1. The zero-order valence-corrected chi connectivity index (χ0v) is 15.0. The van der Waals surface area contributed by atoms with Gasteiger partial charge in [0.15, 0.2) is 0 Å². The summed E-state index contributed by atoms with van der Waals surface area (Å²) in [6.45, 7) is 8.66. The van der Waals surface area contributed by atoms with Gasteiger partial charge >= 0.3 is 6.09 Å². The molecule has 1 aromatic rings. The van der Waals surface area contributed by atoms with Crippen molar-refractivity contribution in [3.8, 4) is 0 Å². The third-order valence-electron chi connectivity index (χ3n) is 5.10. The average molecular weight is 349 g/mol. The van der Waals surface area contributed by atoms with E-state index in [1.807, 2.05) is 18.7 Å². The number of nitrogens with zero attached hydrogens (tertiary/aromatic N) is 4. The van der Waals surface area contributed by atoms with Crippen molar-refractivity contribution in [1.29, 1.82) is 0 Å². The van der Waals surface area contributed by atoms with Crippen LogP contribution in [0.2, 0.25) is 0 Å². The van der Waals surface area contributed by atoms with Crippen LogP contribution in [0.5, 0.6) is 0 Å². The molecule has 3 heterocycles. The number of piperazine rings is 1. The predicted octanol–water partition coefficient (Wildman–Crippen LogP) is 1.10. The molecule has 1 atom stereocenters.